The Morgan fingerprint density at radius 2 is 1.95 bits per heavy atom. The predicted octanol–water partition coefficient (Wildman–Crippen LogP) is 2.49. The highest BCUT2D eigenvalue weighted by Gasteiger charge is 2.15. The fourth-order valence-corrected chi connectivity index (χ4v) is 2.78. The van der Waals surface area contributed by atoms with Gasteiger partial charge in [-0.2, -0.15) is 0 Å². The van der Waals surface area contributed by atoms with Crippen LogP contribution in [0.2, 0.25) is 0 Å². The van der Waals surface area contributed by atoms with Gasteiger partial charge in [-0.05, 0) is 11.6 Å². The summed E-state index contributed by atoms with van der Waals surface area (Å²) in [6, 6.07) is 13.7. The molecule has 0 aromatic heterocycles. The molecule has 0 unspecified atom stereocenters. The molecule has 1 amide bonds. The molecule has 3 N–H and O–H groups in total. The first kappa shape index (κ1) is 15.0. The number of nitrogens with two attached hydrogens (primary N) is 1. The number of nitrogens with zero attached hydrogens (tertiary/aromatic N) is 1. The van der Waals surface area contributed by atoms with Crippen molar-refractivity contribution in [2.75, 3.05) is 0 Å². The molecule has 0 atom stereocenters. The van der Waals surface area contributed by atoms with Gasteiger partial charge in [-0.1, -0.05) is 30.3 Å². The molecule has 6 nitrogen and oxygen atoms in total. The van der Waals surface area contributed by atoms with Gasteiger partial charge in [0.2, 0.25) is 0 Å². The molecule has 0 fully saturated rings. The summed E-state index contributed by atoms with van der Waals surface area (Å²) in [5.74, 6) is 5.27. The minimum Gasteiger partial charge on any atom is -0.290 e. The van der Waals surface area contributed by atoms with Crippen molar-refractivity contribution in [2.45, 2.75) is 10.6 Å². The van der Waals surface area contributed by atoms with Crippen LogP contribution in [0.4, 0.5) is 5.69 Å². The Hall–Kier alpha value is -2.38. The largest absolute Gasteiger partial charge is 0.290 e. The molecule has 0 aliphatic rings. The number of nitrogen functional groups attached to an aromatic ring is 1. The molecule has 21 heavy (non-hydrogen) atoms. The molecule has 0 bridgehead atoms. The highest BCUT2D eigenvalue weighted by Crippen LogP contribution is 2.29. The Bertz CT molecular complexity index is 662. The van der Waals surface area contributed by atoms with E-state index in [1.165, 1.54) is 30.0 Å². The Balaban J connectivity index is 2.27. The zero-order valence-electron chi connectivity index (χ0n) is 11.0. The maximum absolute atomic E-state index is 11.7. The van der Waals surface area contributed by atoms with E-state index in [0.717, 1.165) is 5.56 Å². The van der Waals surface area contributed by atoms with Crippen LogP contribution in [0, 0.1) is 10.1 Å². The third-order valence-corrected chi connectivity index (χ3v) is 3.92. The van der Waals surface area contributed by atoms with Crippen LogP contribution in [-0.4, -0.2) is 10.8 Å². The van der Waals surface area contributed by atoms with Gasteiger partial charge in [-0.25, -0.2) is 5.84 Å². The normalized spacial score (nSPS) is 10.1. The second kappa shape index (κ2) is 6.87. The van der Waals surface area contributed by atoms with Gasteiger partial charge in [-0.3, -0.25) is 20.3 Å². The number of nitro groups is 1. The summed E-state index contributed by atoms with van der Waals surface area (Å²) >= 11 is 1.35. The Morgan fingerprint density at radius 1 is 1.24 bits per heavy atom. The van der Waals surface area contributed by atoms with Crippen molar-refractivity contribution in [1.29, 1.82) is 0 Å². The van der Waals surface area contributed by atoms with E-state index in [2.05, 4.69) is 0 Å². The molecule has 0 saturated heterocycles. The summed E-state index contributed by atoms with van der Waals surface area (Å²) in [7, 11) is 0. The van der Waals surface area contributed by atoms with Crippen molar-refractivity contribution < 1.29 is 9.72 Å². The Labute approximate surface area is 125 Å². The third-order valence-electron chi connectivity index (χ3n) is 2.79. The second-order valence-electron chi connectivity index (χ2n) is 4.19. The van der Waals surface area contributed by atoms with E-state index in [0.29, 0.717) is 16.2 Å². The van der Waals surface area contributed by atoms with E-state index in [-0.39, 0.29) is 5.69 Å². The maximum Gasteiger partial charge on any atom is 0.270 e. The van der Waals surface area contributed by atoms with Crippen molar-refractivity contribution in [3.05, 3.63) is 69.8 Å². The predicted molar refractivity (Wildman–Crippen MR) is 80.8 cm³/mol. The lowest BCUT2D eigenvalue weighted by atomic mass is 10.2. The summed E-state index contributed by atoms with van der Waals surface area (Å²) in [4.78, 5) is 22.6. The standard InChI is InChI=1S/C14H13N3O3S/c15-16-14(18)12-7-6-11(17(19)20)8-13(12)21-9-10-4-2-1-3-5-10/h1-8H,9,15H2,(H,16,18). The summed E-state index contributed by atoms with van der Waals surface area (Å²) in [5, 5.41) is 10.8. The summed E-state index contributed by atoms with van der Waals surface area (Å²) < 4.78 is 0. The maximum atomic E-state index is 11.7. The molecule has 0 heterocycles. The van der Waals surface area contributed by atoms with Crippen molar-refractivity contribution in [1.82, 2.24) is 5.43 Å². The van der Waals surface area contributed by atoms with Gasteiger partial charge in [-0.15, -0.1) is 11.8 Å². The number of benzene rings is 2. The number of amides is 1. The van der Waals surface area contributed by atoms with E-state index in [1.807, 2.05) is 35.8 Å². The van der Waals surface area contributed by atoms with Crippen molar-refractivity contribution in [3.8, 4) is 0 Å². The average molecular weight is 303 g/mol. The zero-order chi connectivity index (χ0) is 15.2. The van der Waals surface area contributed by atoms with Gasteiger partial charge >= 0.3 is 0 Å². The minimum absolute atomic E-state index is 0.0564. The average Bonchev–Trinajstić information content (AvgIpc) is 2.52. The number of hydrogen-bond donors (Lipinski definition) is 2. The van der Waals surface area contributed by atoms with Gasteiger partial charge in [0.05, 0.1) is 10.5 Å². The number of rotatable bonds is 5. The summed E-state index contributed by atoms with van der Waals surface area (Å²) in [6.45, 7) is 0. The van der Waals surface area contributed by atoms with Crippen LogP contribution in [0.5, 0.6) is 0 Å². The number of hydrazine groups is 1. The summed E-state index contributed by atoms with van der Waals surface area (Å²) in [5.41, 5.74) is 3.38. The van der Waals surface area contributed by atoms with Gasteiger partial charge < -0.3 is 0 Å². The van der Waals surface area contributed by atoms with Crippen LogP contribution in [0.15, 0.2) is 53.4 Å². The number of carbonyl (C=O) groups is 1. The molecule has 0 saturated carbocycles. The van der Waals surface area contributed by atoms with Crippen molar-refractivity contribution in [2.24, 2.45) is 5.84 Å². The lowest BCUT2D eigenvalue weighted by molar-refractivity contribution is -0.385. The van der Waals surface area contributed by atoms with E-state index < -0.39 is 10.8 Å². The molecular formula is C14H13N3O3S. The van der Waals surface area contributed by atoms with Crippen LogP contribution in [-0.2, 0) is 5.75 Å². The fourth-order valence-electron chi connectivity index (χ4n) is 1.74. The number of non-ortho nitro benzene ring substituents is 1. The topological polar surface area (TPSA) is 98.3 Å². The zero-order valence-corrected chi connectivity index (χ0v) is 11.8. The molecule has 108 valence electrons. The van der Waals surface area contributed by atoms with Gasteiger partial charge in [0, 0.05) is 22.8 Å². The number of nitrogens with one attached hydrogen (secondary N) is 1. The quantitative estimate of drug-likeness (QED) is 0.291. The number of hydrogen-bond acceptors (Lipinski definition) is 5. The van der Waals surface area contributed by atoms with Crippen LogP contribution in [0.3, 0.4) is 0 Å². The van der Waals surface area contributed by atoms with E-state index >= 15 is 0 Å². The van der Waals surface area contributed by atoms with Crippen LogP contribution in [0.25, 0.3) is 0 Å². The van der Waals surface area contributed by atoms with Crippen LogP contribution < -0.4 is 11.3 Å². The first-order valence-electron chi connectivity index (χ1n) is 6.08. The number of thioether (sulfide) groups is 1. The molecule has 0 spiro atoms. The van der Waals surface area contributed by atoms with Gasteiger partial charge in [0.15, 0.2) is 0 Å². The lowest BCUT2D eigenvalue weighted by Crippen LogP contribution is -2.30. The monoisotopic (exact) mass is 303 g/mol. The molecule has 2 rings (SSSR count). The van der Waals surface area contributed by atoms with E-state index in [1.54, 1.807) is 0 Å². The number of carbonyl (C=O) groups excluding carboxylic acids is 1. The highest BCUT2D eigenvalue weighted by molar-refractivity contribution is 7.98. The molecule has 0 aliphatic carbocycles. The summed E-state index contributed by atoms with van der Waals surface area (Å²) in [6.07, 6.45) is 0. The second-order valence-corrected chi connectivity index (χ2v) is 5.20. The van der Waals surface area contributed by atoms with Crippen LogP contribution >= 0.6 is 11.8 Å². The molecule has 0 radical (unpaired) electrons. The molecule has 2 aromatic carbocycles. The molecule has 2 aromatic rings. The molecular weight excluding hydrogens is 290 g/mol. The SMILES string of the molecule is NNC(=O)c1ccc([N+](=O)[O-])cc1SCc1ccccc1. The van der Waals surface area contributed by atoms with Crippen LogP contribution in [0.1, 0.15) is 15.9 Å². The fraction of sp³-hybridized carbons (Fsp3) is 0.0714. The van der Waals surface area contributed by atoms with Crippen molar-refractivity contribution >= 4 is 23.4 Å². The van der Waals surface area contributed by atoms with Gasteiger partial charge in [0.1, 0.15) is 0 Å². The first-order valence-corrected chi connectivity index (χ1v) is 7.06. The molecule has 7 heteroatoms. The van der Waals surface area contributed by atoms with E-state index in [4.69, 9.17) is 5.84 Å². The van der Waals surface area contributed by atoms with E-state index in [9.17, 15) is 14.9 Å². The number of nitro benzene ring substituents is 1. The smallest absolute Gasteiger partial charge is 0.270 e. The minimum atomic E-state index is -0.489. The highest BCUT2D eigenvalue weighted by atomic mass is 32.2. The third kappa shape index (κ3) is 3.80. The van der Waals surface area contributed by atoms with Gasteiger partial charge in [0.25, 0.3) is 11.6 Å². The molecule has 0 aliphatic heterocycles. The van der Waals surface area contributed by atoms with Crippen molar-refractivity contribution in [3.63, 3.8) is 0 Å². The first-order chi connectivity index (χ1) is 10.1. The Kier molecular flexibility index (Phi) is 4.91. The Morgan fingerprint density at radius 3 is 2.57 bits per heavy atom. The lowest BCUT2D eigenvalue weighted by Gasteiger charge is -2.08.